The molecule has 2 atom stereocenters. The number of hydrogen-bond donors (Lipinski definition) is 1. The second-order valence-corrected chi connectivity index (χ2v) is 4.60. The van der Waals surface area contributed by atoms with E-state index in [1.54, 1.807) is 0 Å². The molecule has 2 rings (SSSR count). The van der Waals surface area contributed by atoms with E-state index in [2.05, 4.69) is 0 Å². The highest BCUT2D eigenvalue weighted by Crippen LogP contribution is 2.36. The fourth-order valence-corrected chi connectivity index (χ4v) is 2.53. The molecule has 1 N–H and O–H groups in total. The van der Waals surface area contributed by atoms with Gasteiger partial charge in [-0.05, 0) is 42.9 Å². The minimum atomic E-state index is -0.813. The van der Waals surface area contributed by atoms with E-state index in [1.165, 1.54) is 12.1 Å². The van der Waals surface area contributed by atoms with Crippen LogP contribution >= 0.6 is 0 Å². The fraction of sp³-hybridized carbons (Fsp3) is 0.462. The highest BCUT2D eigenvalue weighted by molar-refractivity contribution is 5.70. The van der Waals surface area contributed by atoms with Gasteiger partial charge in [0.1, 0.15) is 11.6 Å². The molecular formula is C13H14F2O2. The molecule has 2 unspecified atom stereocenters. The molecule has 1 aliphatic rings. The van der Waals surface area contributed by atoms with Crippen LogP contribution in [0.1, 0.15) is 37.2 Å². The van der Waals surface area contributed by atoms with Crippen molar-refractivity contribution < 1.29 is 18.7 Å². The van der Waals surface area contributed by atoms with Gasteiger partial charge in [0.15, 0.2) is 0 Å². The average Bonchev–Trinajstić information content (AvgIpc) is 2.28. The van der Waals surface area contributed by atoms with Crippen molar-refractivity contribution in [2.45, 2.75) is 31.6 Å². The van der Waals surface area contributed by atoms with Crippen LogP contribution in [0.4, 0.5) is 8.78 Å². The second kappa shape index (κ2) is 4.82. The third-order valence-electron chi connectivity index (χ3n) is 3.38. The number of carboxylic acids is 1. The van der Waals surface area contributed by atoms with Crippen LogP contribution in [0, 0.1) is 17.6 Å². The van der Waals surface area contributed by atoms with Crippen molar-refractivity contribution in [3.63, 3.8) is 0 Å². The van der Waals surface area contributed by atoms with Gasteiger partial charge in [-0.15, -0.1) is 0 Å². The molecule has 0 heterocycles. The van der Waals surface area contributed by atoms with Crippen molar-refractivity contribution in [1.82, 2.24) is 0 Å². The molecule has 4 heteroatoms. The van der Waals surface area contributed by atoms with E-state index in [0.717, 1.165) is 18.9 Å². The Morgan fingerprint density at radius 3 is 2.41 bits per heavy atom. The zero-order valence-electron chi connectivity index (χ0n) is 9.33. The molecule has 1 aromatic rings. The van der Waals surface area contributed by atoms with Gasteiger partial charge in [-0.3, -0.25) is 4.79 Å². The van der Waals surface area contributed by atoms with Gasteiger partial charge in [0.2, 0.25) is 0 Å². The maximum Gasteiger partial charge on any atom is 0.306 e. The lowest BCUT2D eigenvalue weighted by molar-refractivity contribution is -0.142. The van der Waals surface area contributed by atoms with Gasteiger partial charge < -0.3 is 5.11 Å². The van der Waals surface area contributed by atoms with Crippen molar-refractivity contribution in [3.8, 4) is 0 Å². The Morgan fingerprint density at radius 1 is 1.18 bits per heavy atom. The Kier molecular flexibility index (Phi) is 3.41. The Morgan fingerprint density at radius 2 is 1.82 bits per heavy atom. The molecule has 1 aromatic carbocycles. The van der Waals surface area contributed by atoms with E-state index < -0.39 is 17.6 Å². The lowest BCUT2D eigenvalue weighted by atomic mass is 9.78. The third-order valence-corrected chi connectivity index (χ3v) is 3.38. The van der Waals surface area contributed by atoms with E-state index in [9.17, 15) is 13.6 Å². The summed E-state index contributed by atoms with van der Waals surface area (Å²) in [7, 11) is 0. The molecule has 2 nitrogen and oxygen atoms in total. The number of aliphatic carboxylic acids is 1. The van der Waals surface area contributed by atoms with Gasteiger partial charge in [-0.25, -0.2) is 8.78 Å². The number of rotatable bonds is 2. The van der Waals surface area contributed by atoms with E-state index in [4.69, 9.17) is 5.11 Å². The third kappa shape index (κ3) is 2.81. The molecule has 1 saturated carbocycles. The Hall–Kier alpha value is -1.45. The van der Waals surface area contributed by atoms with E-state index in [-0.39, 0.29) is 11.8 Å². The van der Waals surface area contributed by atoms with Gasteiger partial charge in [-0.2, -0.15) is 0 Å². The molecule has 0 radical (unpaired) electrons. The van der Waals surface area contributed by atoms with E-state index >= 15 is 0 Å². The first kappa shape index (κ1) is 12.0. The molecule has 0 aromatic heterocycles. The molecule has 1 aliphatic carbocycles. The number of carbonyl (C=O) groups is 1. The summed E-state index contributed by atoms with van der Waals surface area (Å²) >= 11 is 0. The second-order valence-electron chi connectivity index (χ2n) is 4.60. The van der Waals surface area contributed by atoms with Gasteiger partial charge in [0.25, 0.3) is 0 Å². The summed E-state index contributed by atoms with van der Waals surface area (Å²) in [6.45, 7) is 0. The number of halogens is 2. The van der Waals surface area contributed by atoms with Gasteiger partial charge in [0.05, 0.1) is 5.92 Å². The van der Waals surface area contributed by atoms with Gasteiger partial charge in [-0.1, -0.05) is 6.42 Å². The first-order valence-corrected chi connectivity index (χ1v) is 5.75. The summed E-state index contributed by atoms with van der Waals surface area (Å²) in [6.07, 6.45) is 2.72. The minimum absolute atomic E-state index is 0.0463. The van der Waals surface area contributed by atoms with Crippen LogP contribution < -0.4 is 0 Å². The maximum absolute atomic E-state index is 13.1. The standard InChI is InChI=1S/C13H14F2O2/c14-11-5-10(6-12(15)7-11)8-2-1-3-9(4-8)13(16)17/h5-9H,1-4H2,(H,16,17). The van der Waals surface area contributed by atoms with E-state index in [0.29, 0.717) is 18.4 Å². The average molecular weight is 240 g/mol. The van der Waals surface area contributed by atoms with Crippen LogP contribution in [0.25, 0.3) is 0 Å². The van der Waals surface area contributed by atoms with Crippen LogP contribution in [0.5, 0.6) is 0 Å². The molecule has 0 spiro atoms. The zero-order chi connectivity index (χ0) is 12.4. The Labute approximate surface area is 98.3 Å². The van der Waals surface area contributed by atoms with Crippen molar-refractivity contribution in [2.24, 2.45) is 5.92 Å². The predicted molar refractivity (Wildman–Crippen MR) is 58.7 cm³/mol. The summed E-state index contributed by atoms with van der Waals surface area (Å²) < 4.78 is 26.2. The topological polar surface area (TPSA) is 37.3 Å². The first-order valence-electron chi connectivity index (χ1n) is 5.75. The summed E-state index contributed by atoms with van der Waals surface area (Å²) in [6, 6.07) is 3.44. The number of carboxylic acid groups (broad SMARTS) is 1. The molecule has 0 saturated heterocycles. The van der Waals surface area contributed by atoms with Crippen molar-refractivity contribution in [1.29, 1.82) is 0 Å². The minimum Gasteiger partial charge on any atom is -0.481 e. The molecule has 92 valence electrons. The monoisotopic (exact) mass is 240 g/mol. The molecule has 17 heavy (non-hydrogen) atoms. The van der Waals surface area contributed by atoms with Crippen molar-refractivity contribution in [3.05, 3.63) is 35.4 Å². The quantitative estimate of drug-likeness (QED) is 0.861. The van der Waals surface area contributed by atoms with Crippen LogP contribution in [-0.4, -0.2) is 11.1 Å². The Balaban J connectivity index is 2.18. The lowest BCUT2D eigenvalue weighted by Crippen LogP contribution is -2.21. The molecule has 0 bridgehead atoms. The summed E-state index contributed by atoms with van der Waals surface area (Å²) in [4.78, 5) is 10.9. The normalized spacial score (nSPS) is 24.6. The van der Waals surface area contributed by atoms with Gasteiger partial charge >= 0.3 is 5.97 Å². The zero-order valence-corrected chi connectivity index (χ0v) is 9.33. The van der Waals surface area contributed by atoms with Crippen LogP contribution in [0.3, 0.4) is 0 Å². The number of benzene rings is 1. The smallest absolute Gasteiger partial charge is 0.306 e. The first-order chi connectivity index (χ1) is 8.06. The Bertz CT molecular complexity index is 411. The molecular weight excluding hydrogens is 226 g/mol. The van der Waals surface area contributed by atoms with Crippen molar-refractivity contribution >= 4 is 5.97 Å². The maximum atomic E-state index is 13.1. The number of hydrogen-bond acceptors (Lipinski definition) is 1. The fourth-order valence-electron chi connectivity index (χ4n) is 2.53. The molecule has 1 fully saturated rings. The molecule has 0 amide bonds. The largest absolute Gasteiger partial charge is 0.481 e. The highest BCUT2D eigenvalue weighted by atomic mass is 19.1. The highest BCUT2D eigenvalue weighted by Gasteiger charge is 2.28. The van der Waals surface area contributed by atoms with Crippen LogP contribution in [0.15, 0.2) is 18.2 Å². The van der Waals surface area contributed by atoms with E-state index in [1.807, 2.05) is 0 Å². The van der Waals surface area contributed by atoms with Gasteiger partial charge in [0, 0.05) is 6.07 Å². The van der Waals surface area contributed by atoms with Crippen LogP contribution in [0.2, 0.25) is 0 Å². The lowest BCUT2D eigenvalue weighted by Gasteiger charge is -2.26. The SMILES string of the molecule is O=C(O)C1CCCC(c2cc(F)cc(F)c2)C1. The summed E-state index contributed by atoms with van der Waals surface area (Å²) in [5.41, 5.74) is 0.577. The van der Waals surface area contributed by atoms with Crippen LogP contribution in [-0.2, 0) is 4.79 Å². The molecule has 0 aliphatic heterocycles. The summed E-state index contributed by atoms with van der Waals surface area (Å²) in [5.74, 6) is -2.45. The predicted octanol–water partition coefficient (Wildman–Crippen LogP) is 3.32. The van der Waals surface area contributed by atoms with Crippen molar-refractivity contribution in [2.75, 3.05) is 0 Å². The summed E-state index contributed by atoms with van der Waals surface area (Å²) in [5, 5.41) is 8.96.